The van der Waals surface area contributed by atoms with Gasteiger partial charge < -0.3 is 15.2 Å². The Bertz CT molecular complexity index is 850. The van der Waals surface area contributed by atoms with E-state index in [2.05, 4.69) is 9.97 Å². The van der Waals surface area contributed by atoms with Gasteiger partial charge in [0.1, 0.15) is 17.8 Å². The zero-order chi connectivity index (χ0) is 16.9. The van der Waals surface area contributed by atoms with Crippen LogP contribution in [0.15, 0.2) is 54.9 Å². The summed E-state index contributed by atoms with van der Waals surface area (Å²) in [5.74, 6) is 1.46. The van der Waals surface area contributed by atoms with Crippen LogP contribution < -0.4 is 15.2 Å². The van der Waals surface area contributed by atoms with Gasteiger partial charge in [0.15, 0.2) is 0 Å². The predicted octanol–water partition coefficient (Wildman–Crippen LogP) is 3.33. The lowest BCUT2D eigenvalue weighted by molar-refractivity contribution is 0.416. The van der Waals surface area contributed by atoms with Crippen molar-refractivity contribution < 1.29 is 9.47 Å². The Kier molecular flexibility index (Phi) is 4.61. The second-order valence-corrected chi connectivity index (χ2v) is 5.35. The van der Waals surface area contributed by atoms with E-state index in [1.165, 1.54) is 0 Å². The number of methoxy groups -OCH3 is 2. The second kappa shape index (κ2) is 7.00. The number of nitrogen functional groups attached to an aromatic ring is 1. The van der Waals surface area contributed by atoms with E-state index in [1.807, 2.05) is 48.5 Å². The van der Waals surface area contributed by atoms with E-state index in [0.717, 1.165) is 28.3 Å². The van der Waals surface area contributed by atoms with Crippen molar-refractivity contribution in [2.24, 2.45) is 0 Å². The zero-order valence-corrected chi connectivity index (χ0v) is 13.7. The molecule has 0 atom stereocenters. The minimum atomic E-state index is 0.624. The Morgan fingerprint density at radius 2 is 1.71 bits per heavy atom. The van der Waals surface area contributed by atoms with Crippen LogP contribution in [-0.4, -0.2) is 24.2 Å². The molecule has 0 radical (unpaired) electrons. The molecule has 3 aromatic rings. The number of ether oxygens (including phenoxy) is 2. The lowest BCUT2D eigenvalue weighted by Crippen LogP contribution is -1.98. The summed E-state index contributed by atoms with van der Waals surface area (Å²) < 4.78 is 10.7. The first-order valence-corrected chi connectivity index (χ1v) is 7.58. The van der Waals surface area contributed by atoms with Gasteiger partial charge in [-0.05, 0) is 35.9 Å². The van der Waals surface area contributed by atoms with Crippen molar-refractivity contribution in [1.29, 1.82) is 0 Å². The molecule has 122 valence electrons. The molecule has 2 aromatic carbocycles. The summed E-state index contributed by atoms with van der Waals surface area (Å²) in [6, 6.07) is 15.5. The molecule has 24 heavy (non-hydrogen) atoms. The van der Waals surface area contributed by atoms with Crippen LogP contribution in [0.3, 0.4) is 0 Å². The molecule has 0 aliphatic rings. The number of anilines is 1. The largest absolute Gasteiger partial charge is 0.496 e. The molecule has 5 heteroatoms. The van der Waals surface area contributed by atoms with Gasteiger partial charge in [-0.3, -0.25) is 0 Å². The molecule has 1 heterocycles. The summed E-state index contributed by atoms with van der Waals surface area (Å²) in [7, 11) is 3.27. The van der Waals surface area contributed by atoms with Crippen molar-refractivity contribution in [3.8, 4) is 22.8 Å². The summed E-state index contributed by atoms with van der Waals surface area (Å²) in [4.78, 5) is 8.74. The van der Waals surface area contributed by atoms with Gasteiger partial charge in [0.25, 0.3) is 0 Å². The third kappa shape index (κ3) is 3.30. The molecule has 0 fully saturated rings. The Morgan fingerprint density at radius 1 is 0.917 bits per heavy atom. The maximum absolute atomic E-state index is 5.86. The van der Waals surface area contributed by atoms with Crippen LogP contribution in [0.4, 0.5) is 5.69 Å². The molecule has 0 saturated heterocycles. The van der Waals surface area contributed by atoms with Crippen molar-refractivity contribution in [2.45, 2.75) is 6.42 Å². The molecule has 0 bridgehead atoms. The first-order chi connectivity index (χ1) is 11.7. The molecule has 3 rings (SSSR count). The number of rotatable bonds is 5. The maximum atomic E-state index is 5.86. The molecular weight excluding hydrogens is 302 g/mol. The Hall–Kier alpha value is -3.08. The Morgan fingerprint density at radius 3 is 2.50 bits per heavy atom. The summed E-state index contributed by atoms with van der Waals surface area (Å²) in [6.45, 7) is 0. The summed E-state index contributed by atoms with van der Waals surface area (Å²) >= 11 is 0. The molecule has 5 nitrogen and oxygen atoms in total. The van der Waals surface area contributed by atoms with E-state index < -0.39 is 0 Å². The normalized spacial score (nSPS) is 10.4. The first kappa shape index (κ1) is 15.8. The van der Waals surface area contributed by atoms with E-state index in [-0.39, 0.29) is 0 Å². The molecule has 2 N–H and O–H groups in total. The lowest BCUT2D eigenvalue weighted by atomic mass is 10.1. The standard InChI is InChI=1S/C19H19N3O2/c1-23-18-6-4-3-5-15(18)17-11-14(21-12-22-17)9-13-7-8-16(20)19(10-13)24-2/h3-8,10-12H,9,20H2,1-2H3. The van der Waals surface area contributed by atoms with E-state index in [9.17, 15) is 0 Å². The zero-order valence-electron chi connectivity index (χ0n) is 13.7. The van der Waals surface area contributed by atoms with E-state index in [0.29, 0.717) is 17.9 Å². The van der Waals surface area contributed by atoms with Gasteiger partial charge >= 0.3 is 0 Å². The number of nitrogens with zero attached hydrogens (tertiary/aromatic N) is 2. The fourth-order valence-corrected chi connectivity index (χ4v) is 2.57. The quantitative estimate of drug-likeness (QED) is 0.730. The monoisotopic (exact) mass is 321 g/mol. The number of benzene rings is 2. The van der Waals surface area contributed by atoms with Gasteiger partial charge in [0.05, 0.1) is 25.6 Å². The topological polar surface area (TPSA) is 70.3 Å². The highest BCUT2D eigenvalue weighted by molar-refractivity contribution is 5.67. The van der Waals surface area contributed by atoms with Gasteiger partial charge in [-0.25, -0.2) is 9.97 Å². The van der Waals surface area contributed by atoms with Crippen molar-refractivity contribution in [3.05, 3.63) is 66.1 Å². The molecule has 0 unspecified atom stereocenters. The molecule has 0 amide bonds. The molecule has 1 aromatic heterocycles. The van der Waals surface area contributed by atoms with E-state index >= 15 is 0 Å². The minimum Gasteiger partial charge on any atom is -0.496 e. The average Bonchev–Trinajstić information content (AvgIpc) is 2.63. The highest BCUT2D eigenvalue weighted by atomic mass is 16.5. The van der Waals surface area contributed by atoms with Crippen LogP contribution in [0.2, 0.25) is 0 Å². The smallest absolute Gasteiger partial charge is 0.142 e. The predicted molar refractivity (Wildman–Crippen MR) is 94.2 cm³/mol. The van der Waals surface area contributed by atoms with Gasteiger partial charge in [-0.2, -0.15) is 0 Å². The first-order valence-electron chi connectivity index (χ1n) is 7.58. The third-order valence-corrected chi connectivity index (χ3v) is 3.79. The van der Waals surface area contributed by atoms with Gasteiger partial charge in [0, 0.05) is 17.7 Å². The molecule has 0 aliphatic carbocycles. The van der Waals surface area contributed by atoms with E-state index in [1.54, 1.807) is 20.5 Å². The summed E-state index contributed by atoms with van der Waals surface area (Å²) in [5, 5.41) is 0. The van der Waals surface area contributed by atoms with Crippen LogP contribution in [0, 0.1) is 0 Å². The molecule has 0 spiro atoms. The van der Waals surface area contributed by atoms with Gasteiger partial charge in [-0.1, -0.05) is 18.2 Å². The van der Waals surface area contributed by atoms with Crippen LogP contribution in [0.25, 0.3) is 11.3 Å². The third-order valence-electron chi connectivity index (χ3n) is 3.79. The van der Waals surface area contributed by atoms with Crippen LogP contribution >= 0.6 is 0 Å². The summed E-state index contributed by atoms with van der Waals surface area (Å²) in [6.07, 6.45) is 2.24. The Labute approximate surface area is 141 Å². The van der Waals surface area contributed by atoms with E-state index in [4.69, 9.17) is 15.2 Å². The second-order valence-electron chi connectivity index (χ2n) is 5.35. The number of nitrogens with two attached hydrogens (primary N) is 1. The van der Waals surface area contributed by atoms with Crippen molar-refractivity contribution >= 4 is 5.69 Å². The molecular formula is C19H19N3O2. The number of aromatic nitrogens is 2. The number of hydrogen-bond donors (Lipinski definition) is 1. The highest BCUT2D eigenvalue weighted by Crippen LogP contribution is 2.29. The SMILES string of the molecule is COc1cc(Cc2cc(-c3ccccc3OC)ncn2)ccc1N. The van der Waals surface area contributed by atoms with Crippen molar-refractivity contribution in [2.75, 3.05) is 20.0 Å². The van der Waals surface area contributed by atoms with Crippen molar-refractivity contribution in [3.63, 3.8) is 0 Å². The highest BCUT2D eigenvalue weighted by Gasteiger charge is 2.09. The van der Waals surface area contributed by atoms with Gasteiger partial charge in [-0.15, -0.1) is 0 Å². The maximum Gasteiger partial charge on any atom is 0.142 e. The average molecular weight is 321 g/mol. The molecule has 0 aliphatic heterocycles. The lowest BCUT2D eigenvalue weighted by Gasteiger charge is -2.10. The summed E-state index contributed by atoms with van der Waals surface area (Å²) in [5.41, 5.74) is 10.3. The molecule has 0 saturated carbocycles. The number of para-hydroxylation sites is 1. The number of hydrogen-bond acceptors (Lipinski definition) is 5. The van der Waals surface area contributed by atoms with Crippen molar-refractivity contribution in [1.82, 2.24) is 9.97 Å². The fourth-order valence-electron chi connectivity index (χ4n) is 2.57. The van der Waals surface area contributed by atoms with Crippen LogP contribution in [0.1, 0.15) is 11.3 Å². The fraction of sp³-hybridized carbons (Fsp3) is 0.158. The Balaban J connectivity index is 1.91. The van der Waals surface area contributed by atoms with Crippen LogP contribution in [-0.2, 0) is 6.42 Å². The van der Waals surface area contributed by atoms with Gasteiger partial charge in [0.2, 0.25) is 0 Å². The minimum absolute atomic E-state index is 0.624. The van der Waals surface area contributed by atoms with Crippen LogP contribution in [0.5, 0.6) is 11.5 Å².